The lowest BCUT2D eigenvalue weighted by Crippen LogP contribution is -2.28. The van der Waals surface area contributed by atoms with Crippen LogP contribution < -0.4 is 15.6 Å². The number of anilines is 1. The van der Waals surface area contributed by atoms with Crippen molar-refractivity contribution in [3.05, 3.63) is 57.5 Å². The number of benzene rings is 1. The summed E-state index contributed by atoms with van der Waals surface area (Å²) in [7, 11) is 3.27. The van der Waals surface area contributed by atoms with Gasteiger partial charge in [-0.3, -0.25) is 9.36 Å². The summed E-state index contributed by atoms with van der Waals surface area (Å²) in [6, 6.07) is 10.7. The molecule has 0 spiro atoms. The predicted octanol–water partition coefficient (Wildman–Crippen LogP) is 3.10. The van der Waals surface area contributed by atoms with E-state index in [0.717, 1.165) is 5.56 Å². The number of methoxy groups -OCH3 is 1. The van der Waals surface area contributed by atoms with E-state index in [9.17, 15) is 4.79 Å². The molecule has 0 aliphatic carbocycles. The van der Waals surface area contributed by atoms with E-state index in [2.05, 4.69) is 15.3 Å². The molecule has 0 saturated heterocycles. The number of fused-ring (bicyclic) bond motifs is 1. The maximum atomic E-state index is 12.9. The summed E-state index contributed by atoms with van der Waals surface area (Å²) in [5, 5.41) is 3.15. The van der Waals surface area contributed by atoms with Crippen molar-refractivity contribution >= 4 is 28.6 Å². The fourth-order valence-electron chi connectivity index (χ4n) is 2.73. The van der Waals surface area contributed by atoms with E-state index >= 15 is 0 Å². The van der Waals surface area contributed by atoms with E-state index in [1.807, 2.05) is 31.2 Å². The Labute approximate surface area is 144 Å². The second-order valence-electron chi connectivity index (χ2n) is 5.28. The van der Waals surface area contributed by atoms with E-state index in [1.165, 1.54) is 0 Å². The van der Waals surface area contributed by atoms with E-state index in [0.29, 0.717) is 22.1 Å². The number of halogens is 1. The molecule has 24 heavy (non-hydrogen) atoms. The first-order valence-corrected chi connectivity index (χ1v) is 7.84. The molecular weight excluding hydrogens is 328 g/mol. The zero-order valence-electron chi connectivity index (χ0n) is 13.6. The van der Waals surface area contributed by atoms with Crippen LogP contribution in [-0.4, -0.2) is 28.7 Å². The highest BCUT2D eigenvalue weighted by Crippen LogP contribution is 2.28. The van der Waals surface area contributed by atoms with Gasteiger partial charge in [-0.25, -0.2) is 9.97 Å². The number of para-hydroxylation sites is 1. The molecule has 3 rings (SSSR count). The molecule has 3 aromatic rings. The molecule has 1 unspecified atom stereocenters. The molecule has 0 radical (unpaired) electrons. The summed E-state index contributed by atoms with van der Waals surface area (Å²) >= 11 is 6.03. The van der Waals surface area contributed by atoms with E-state index in [4.69, 9.17) is 16.3 Å². The lowest BCUT2D eigenvalue weighted by atomic mass is 10.1. The van der Waals surface area contributed by atoms with E-state index in [-0.39, 0.29) is 17.4 Å². The maximum absolute atomic E-state index is 12.9. The first-order chi connectivity index (χ1) is 11.6. The normalized spacial score (nSPS) is 12.2. The Morgan fingerprint density at radius 3 is 2.67 bits per heavy atom. The van der Waals surface area contributed by atoms with Gasteiger partial charge in [-0.1, -0.05) is 29.8 Å². The third-order valence-corrected chi connectivity index (χ3v) is 4.13. The highest BCUT2D eigenvalue weighted by atomic mass is 35.5. The second kappa shape index (κ2) is 6.49. The van der Waals surface area contributed by atoms with Gasteiger partial charge in [-0.15, -0.1) is 0 Å². The largest absolute Gasteiger partial charge is 0.496 e. The zero-order valence-corrected chi connectivity index (χ0v) is 14.3. The number of hydrogen-bond acceptors (Lipinski definition) is 5. The molecule has 0 bridgehead atoms. The Bertz CT molecular complexity index is 955. The highest BCUT2D eigenvalue weighted by Gasteiger charge is 2.20. The first-order valence-electron chi connectivity index (χ1n) is 7.46. The minimum absolute atomic E-state index is 0.258. The van der Waals surface area contributed by atoms with Crippen molar-refractivity contribution in [1.29, 1.82) is 0 Å². The Balaban J connectivity index is 2.33. The molecule has 0 saturated carbocycles. The average molecular weight is 345 g/mol. The Morgan fingerprint density at radius 2 is 1.96 bits per heavy atom. The minimum atomic E-state index is -0.308. The first kappa shape index (κ1) is 16.3. The standard InChI is InChI=1S/C17H17ClN4O2/c1-10(11-6-4-5-7-13(11)24-3)22-16-12(8-9-14(18)21-16)20-15(19-2)17(22)23/h4-10H,1-3H3,(H,19,20). The average Bonchev–Trinajstić information content (AvgIpc) is 2.60. The predicted molar refractivity (Wildman–Crippen MR) is 95.2 cm³/mol. The van der Waals surface area contributed by atoms with Crippen molar-refractivity contribution in [2.45, 2.75) is 13.0 Å². The number of ether oxygens (including phenoxy) is 1. The molecule has 0 fully saturated rings. The highest BCUT2D eigenvalue weighted by molar-refractivity contribution is 6.29. The van der Waals surface area contributed by atoms with E-state index < -0.39 is 0 Å². The van der Waals surface area contributed by atoms with Crippen LogP contribution in [-0.2, 0) is 0 Å². The van der Waals surface area contributed by atoms with Gasteiger partial charge >= 0.3 is 0 Å². The van der Waals surface area contributed by atoms with Crippen molar-refractivity contribution in [2.24, 2.45) is 0 Å². The smallest absolute Gasteiger partial charge is 0.295 e. The van der Waals surface area contributed by atoms with Crippen molar-refractivity contribution in [3.8, 4) is 5.75 Å². The van der Waals surface area contributed by atoms with Crippen LogP contribution in [0.5, 0.6) is 5.75 Å². The maximum Gasteiger partial charge on any atom is 0.295 e. The number of nitrogens with zero attached hydrogens (tertiary/aromatic N) is 3. The Morgan fingerprint density at radius 1 is 1.21 bits per heavy atom. The van der Waals surface area contributed by atoms with Gasteiger partial charge in [-0.05, 0) is 25.1 Å². The topological polar surface area (TPSA) is 69.0 Å². The quantitative estimate of drug-likeness (QED) is 0.736. The molecule has 0 aliphatic rings. The van der Waals surface area contributed by atoms with Crippen molar-refractivity contribution in [3.63, 3.8) is 0 Å². The minimum Gasteiger partial charge on any atom is -0.496 e. The fraction of sp³-hybridized carbons (Fsp3) is 0.235. The number of hydrogen-bond donors (Lipinski definition) is 1. The molecule has 2 heterocycles. The summed E-state index contributed by atoms with van der Waals surface area (Å²) < 4.78 is 7.01. The summed E-state index contributed by atoms with van der Waals surface area (Å²) in [5.41, 5.74) is 1.63. The van der Waals surface area contributed by atoms with Crippen molar-refractivity contribution in [1.82, 2.24) is 14.5 Å². The lowest BCUT2D eigenvalue weighted by Gasteiger charge is -2.20. The summed E-state index contributed by atoms with van der Waals surface area (Å²) in [5.74, 6) is 0.961. The van der Waals surface area contributed by atoms with Crippen LogP contribution in [0.3, 0.4) is 0 Å². The molecule has 1 aromatic carbocycles. The van der Waals surface area contributed by atoms with Crippen LogP contribution in [0.4, 0.5) is 5.82 Å². The van der Waals surface area contributed by atoms with Crippen molar-refractivity contribution < 1.29 is 4.74 Å². The second-order valence-corrected chi connectivity index (χ2v) is 5.67. The number of pyridine rings is 1. The van der Waals surface area contributed by atoms with Crippen LogP contribution in [0.15, 0.2) is 41.2 Å². The van der Waals surface area contributed by atoms with Gasteiger partial charge in [0.1, 0.15) is 16.4 Å². The number of nitrogens with one attached hydrogen (secondary N) is 1. The molecule has 6 nitrogen and oxygen atoms in total. The molecule has 1 N–H and O–H groups in total. The molecule has 1 atom stereocenters. The van der Waals surface area contributed by atoms with Gasteiger partial charge < -0.3 is 10.1 Å². The number of aromatic nitrogens is 3. The van der Waals surface area contributed by atoms with Gasteiger partial charge in [0.2, 0.25) is 0 Å². The molecule has 0 aliphatic heterocycles. The molecule has 124 valence electrons. The third kappa shape index (κ3) is 2.69. The van der Waals surface area contributed by atoms with Crippen LogP contribution in [0.25, 0.3) is 11.2 Å². The van der Waals surface area contributed by atoms with Gasteiger partial charge in [0, 0.05) is 12.6 Å². The van der Waals surface area contributed by atoms with Crippen molar-refractivity contribution in [2.75, 3.05) is 19.5 Å². The number of rotatable bonds is 4. The zero-order chi connectivity index (χ0) is 17.3. The monoisotopic (exact) mass is 344 g/mol. The van der Waals surface area contributed by atoms with Gasteiger partial charge in [-0.2, -0.15) is 0 Å². The van der Waals surface area contributed by atoms with Gasteiger partial charge in [0.25, 0.3) is 5.56 Å². The molecular formula is C17H17ClN4O2. The van der Waals surface area contributed by atoms with Gasteiger partial charge in [0.15, 0.2) is 11.5 Å². The molecule has 7 heteroatoms. The molecule has 2 aromatic heterocycles. The third-order valence-electron chi connectivity index (χ3n) is 3.92. The van der Waals surface area contributed by atoms with Crippen LogP contribution in [0.2, 0.25) is 5.15 Å². The lowest BCUT2D eigenvalue weighted by molar-refractivity contribution is 0.403. The SMILES string of the molecule is CNc1nc2ccc(Cl)nc2n(C(C)c2ccccc2OC)c1=O. The summed E-state index contributed by atoms with van der Waals surface area (Å²) in [6.45, 7) is 1.92. The summed E-state index contributed by atoms with van der Waals surface area (Å²) in [6.07, 6.45) is 0. The van der Waals surface area contributed by atoms with Gasteiger partial charge in [0.05, 0.1) is 13.2 Å². The van der Waals surface area contributed by atoms with E-state index in [1.54, 1.807) is 30.9 Å². The molecule has 0 amide bonds. The fourth-order valence-corrected chi connectivity index (χ4v) is 2.88. The Hall–Kier alpha value is -2.60. The van der Waals surface area contributed by atoms with Crippen LogP contribution in [0, 0.1) is 0 Å². The summed E-state index contributed by atoms with van der Waals surface area (Å²) in [4.78, 5) is 21.5. The Kier molecular flexibility index (Phi) is 4.40. The van der Waals surface area contributed by atoms with Crippen LogP contribution >= 0.6 is 11.6 Å². The van der Waals surface area contributed by atoms with Crippen LogP contribution in [0.1, 0.15) is 18.5 Å².